The van der Waals surface area contributed by atoms with E-state index in [1.807, 2.05) is 121 Å². The van der Waals surface area contributed by atoms with E-state index < -0.39 is 0 Å². The number of rotatable bonds is 8. The summed E-state index contributed by atoms with van der Waals surface area (Å²) in [5.74, 6) is 4.07. The second kappa shape index (κ2) is 15.4. The van der Waals surface area contributed by atoms with Crippen LogP contribution in [0.1, 0.15) is 23.7 Å². The van der Waals surface area contributed by atoms with E-state index >= 15 is 0 Å². The van der Waals surface area contributed by atoms with Gasteiger partial charge in [-0.25, -0.2) is 29.9 Å². The van der Waals surface area contributed by atoms with Gasteiger partial charge < -0.3 is 0 Å². The van der Waals surface area contributed by atoms with Crippen LogP contribution in [0.5, 0.6) is 0 Å². The monoisotopic (exact) mass is 744 g/mol. The largest absolute Gasteiger partial charge is 0.208 e. The summed E-state index contributed by atoms with van der Waals surface area (Å²) in [6.07, 6.45) is 7.56. The van der Waals surface area contributed by atoms with Gasteiger partial charge in [-0.3, -0.25) is 0 Å². The predicted octanol–water partition coefficient (Wildman–Crippen LogP) is 12.3. The van der Waals surface area contributed by atoms with Crippen LogP contribution in [0, 0.1) is 0 Å². The molecule has 9 aromatic rings. The van der Waals surface area contributed by atoms with Crippen molar-refractivity contribution < 1.29 is 0 Å². The van der Waals surface area contributed by atoms with Gasteiger partial charge in [0.1, 0.15) is 0 Å². The van der Waals surface area contributed by atoms with Crippen LogP contribution in [0.4, 0.5) is 0 Å². The molecule has 274 valence electrons. The van der Waals surface area contributed by atoms with Crippen LogP contribution in [-0.2, 0) is 0 Å². The van der Waals surface area contributed by atoms with Crippen molar-refractivity contribution >= 4 is 16.3 Å². The molecule has 0 amide bonds. The Labute approximate surface area is 337 Å². The van der Waals surface area contributed by atoms with Crippen LogP contribution in [0.15, 0.2) is 200 Å². The Kier molecular flexibility index (Phi) is 9.26. The molecule has 0 aliphatic heterocycles. The molecule has 1 aliphatic rings. The zero-order valence-corrected chi connectivity index (χ0v) is 31.5. The van der Waals surface area contributed by atoms with E-state index in [1.54, 1.807) is 0 Å². The van der Waals surface area contributed by atoms with Gasteiger partial charge >= 0.3 is 0 Å². The maximum absolute atomic E-state index is 4.99. The van der Waals surface area contributed by atoms with Gasteiger partial charge in [0, 0.05) is 39.3 Å². The van der Waals surface area contributed by atoms with E-state index in [2.05, 4.69) is 78.9 Å². The fraction of sp³-hybridized carbons (Fsp3) is 0.0385. The van der Waals surface area contributed by atoms with Crippen molar-refractivity contribution in [2.75, 3.05) is 0 Å². The molecule has 0 saturated carbocycles. The van der Waals surface area contributed by atoms with E-state index in [-0.39, 0.29) is 5.92 Å². The van der Waals surface area contributed by atoms with Gasteiger partial charge in [-0.2, -0.15) is 0 Å². The van der Waals surface area contributed by atoms with E-state index in [0.717, 1.165) is 50.9 Å². The molecule has 1 unspecified atom stereocenters. The van der Waals surface area contributed by atoms with E-state index in [0.29, 0.717) is 34.9 Å². The molecule has 10 rings (SSSR count). The minimum Gasteiger partial charge on any atom is -0.208 e. The highest BCUT2D eigenvalue weighted by molar-refractivity contribution is 5.89. The molecule has 1 aliphatic carbocycles. The molecule has 0 bridgehead atoms. The Balaban J connectivity index is 0.987. The first kappa shape index (κ1) is 34.8. The van der Waals surface area contributed by atoms with Crippen LogP contribution >= 0.6 is 0 Å². The molecule has 6 nitrogen and oxygen atoms in total. The minimum absolute atomic E-state index is 0.162. The third-order valence-electron chi connectivity index (χ3n) is 10.5. The Morgan fingerprint density at radius 3 is 1.29 bits per heavy atom. The van der Waals surface area contributed by atoms with E-state index in [1.165, 1.54) is 16.3 Å². The third-order valence-corrected chi connectivity index (χ3v) is 10.5. The summed E-state index contributed by atoms with van der Waals surface area (Å²) >= 11 is 0. The summed E-state index contributed by atoms with van der Waals surface area (Å²) in [5, 5.41) is 2.37. The van der Waals surface area contributed by atoms with Gasteiger partial charge in [0.15, 0.2) is 34.9 Å². The Morgan fingerprint density at radius 2 is 0.759 bits per heavy atom. The lowest BCUT2D eigenvalue weighted by Gasteiger charge is -2.18. The molecule has 0 radical (unpaired) electrons. The van der Waals surface area contributed by atoms with Crippen LogP contribution in [0.3, 0.4) is 0 Å². The summed E-state index contributed by atoms with van der Waals surface area (Å²) in [5.41, 5.74) is 9.18. The fourth-order valence-electron chi connectivity index (χ4n) is 7.45. The van der Waals surface area contributed by atoms with Crippen molar-refractivity contribution in [2.24, 2.45) is 0 Å². The molecule has 0 N–H and O–H groups in total. The Hall–Kier alpha value is -7.70. The van der Waals surface area contributed by atoms with Crippen molar-refractivity contribution in [3.63, 3.8) is 0 Å². The van der Waals surface area contributed by atoms with Crippen molar-refractivity contribution in [1.29, 1.82) is 0 Å². The van der Waals surface area contributed by atoms with Gasteiger partial charge in [-0.15, -0.1) is 0 Å². The molecular formula is C52H36N6. The third kappa shape index (κ3) is 7.22. The second-order valence-corrected chi connectivity index (χ2v) is 14.3. The van der Waals surface area contributed by atoms with Gasteiger partial charge in [-0.1, -0.05) is 188 Å². The first-order chi connectivity index (χ1) is 28.7. The molecule has 2 heterocycles. The highest BCUT2D eigenvalue weighted by atomic mass is 15.0. The summed E-state index contributed by atoms with van der Waals surface area (Å²) in [6.45, 7) is 0. The first-order valence-electron chi connectivity index (χ1n) is 19.5. The molecule has 1 atom stereocenters. The Bertz CT molecular complexity index is 2850. The van der Waals surface area contributed by atoms with E-state index in [4.69, 9.17) is 29.9 Å². The lowest BCUT2D eigenvalue weighted by atomic mass is 9.88. The lowest BCUT2D eigenvalue weighted by Crippen LogP contribution is -2.05. The first-order valence-corrected chi connectivity index (χ1v) is 19.5. The van der Waals surface area contributed by atoms with Crippen molar-refractivity contribution in [3.05, 3.63) is 212 Å². The average Bonchev–Trinajstić information content (AvgIpc) is 3.32. The lowest BCUT2D eigenvalue weighted by molar-refractivity contribution is 0.855. The molecule has 58 heavy (non-hydrogen) atoms. The summed E-state index contributed by atoms with van der Waals surface area (Å²) in [7, 11) is 0. The maximum atomic E-state index is 4.99. The number of hydrogen-bond acceptors (Lipinski definition) is 6. The number of fused-ring (bicyclic) bond motifs is 1. The topological polar surface area (TPSA) is 77.3 Å². The smallest absolute Gasteiger partial charge is 0.164 e. The van der Waals surface area contributed by atoms with Crippen LogP contribution < -0.4 is 0 Å². The maximum Gasteiger partial charge on any atom is 0.164 e. The summed E-state index contributed by atoms with van der Waals surface area (Å²) in [4.78, 5) is 29.7. The van der Waals surface area contributed by atoms with Crippen LogP contribution in [0.2, 0.25) is 0 Å². The normalized spacial score (nSPS) is 13.7. The fourth-order valence-corrected chi connectivity index (χ4v) is 7.45. The van der Waals surface area contributed by atoms with Gasteiger partial charge in [0.2, 0.25) is 0 Å². The average molecular weight is 745 g/mol. The Morgan fingerprint density at radius 1 is 0.328 bits per heavy atom. The van der Waals surface area contributed by atoms with Gasteiger partial charge in [-0.05, 0) is 46.0 Å². The highest BCUT2D eigenvalue weighted by Gasteiger charge is 2.19. The van der Waals surface area contributed by atoms with Gasteiger partial charge in [0.05, 0.1) is 0 Å². The van der Waals surface area contributed by atoms with Crippen LogP contribution in [0.25, 0.3) is 84.4 Å². The molecule has 6 heteroatoms. The second-order valence-electron chi connectivity index (χ2n) is 14.3. The minimum atomic E-state index is 0.162. The molecule has 7 aromatic carbocycles. The highest BCUT2D eigenvalue weighted by Crippen LogP contribution is 2.35. The number of hydrogen-bond donors (Lipinski definition) is 0. The standard InChI is InChI=1S/C52H36N6/c1-5-15-36(16-6-1)47-53-48(37-17-7-2-8-18-37)56-51(55-47)44-25-13-23-40(31-44)42-29-27-35-28-30-43(34-46(35)33-42)41-24-14-26-45(32-41)52-57-49(38-19-9-3-10-20-38)54-50(58-52)39-21-11-4-12-22-39/h1-23,25-34,41H,24H2. The number of allylic oxidation sites excluding steroid dienone is 4. The van der Waals surface area contributed by atoms with Crippen molar-refractivity contribution in [2.45, 2.75) is 12.3 Å². The quantitative estimate of drug-likeness (QED) is 0.154. The zero-order chi connectivity index (χ0) is 38.7. The molecule has 0 fully saturated rings. The SMILES string of the molecule is C1=CC(c2nc(-c3ccccc3)nc(-c3ccccc3)n2)=CC(c2ccc3ccc(-c4cccc(-c5nc(-c6ccccc6)nc(-c6ccccc6)n5)c4)cc3c2)C1. The van der Waals surface area contributed by atoms with E-state index in [9.17, 15) is 0 Å². The molecule has 0 spiro atoms. The zero-order valence-electron chi connectivity index (χ0n) is 31.5. The number of benzene rings is 7. The van der Waals surface area contributed by atoms with Crippen molar-refractivity contribution in [3.8, 4) is 68.1 Å². The molecule has 0 saturated heterocycles. The van der Waals surface area contributed by atoms with Crippen LogP contribution in [-0.4, -0.2) is 29.9 Å². The molecule has 2 aromatic heterocycles. The predicted molar refractivity (Wildman–Crippen MR) is 234 cm³/mol. The number of nitrogens with zero attached hydrogens (tertiary/aromatic N) is 6. The number of aromatic nitrogens is 6. The summed E-state index contributed by atoms with van der Waals surface area (Å²) < 4.78 is 0. The van der Waals surface area contributed by atoms with Gasteiger partial charge in [0.25, 0.3) is 0 Å². The summed E-state index contributed by atoms with van der Waals surface area (Å²) in [6, 6.07) is 62.3. The molecular weight excluding hydrogens is 709 g/mol. The van der Waals surface area contributed by atoms with Crippen molar-refractivity contribution in [1.82, 2.24) is 29.9 Å².